The molecule has 5 N–H and O–H groups in total. The van der Waals surface area contributed by atoms with Gasteiger partial charge in [-0.2, -0.15) is 10.2 Å². The molecule has 281 valence electrons. The number of aryl methyl sites for hydroxylation is 2. The van der Waals surface area contributed by atoms with Crippen LogP contribution in [0, 0.1) is 13.8 Å². The Labute approximate surface area is 322 Å². The SMILES string of the molecule is Cc1nn(-c2ccc(C(=O)O)cc2)c(O)c1C=Nc1ccccc1C(=O)O.Cc1nn(-c2ccc(OC=O)cc2)c(O)c1C=Nc1ccccc1C(=O)O.[Co]. The number of carboxylic acids is 3. The van der Waals surface area contributed by atoms with Gasteiger partial charge in [0.2, 0.25) is 11.8 Å². The van der Waals surface area contributed by atoms with E-state index in [1.54, 1.807) is 74.5 Å². The fourth-order valence-corrected chi connectivity index (χ4v) is 4.99. The van der Waals surface area contributed by atoms with Crippen LogP contribution in [0.3, 0.4) is 0 Å². The summed E-state index contributed by atoms with van der Waals surface area (Å²) < 4.78 is 7.30. The molecule has 0 spiro atoms. The molecule has 55 heavy (non-hydrogen) atoms. The Hall–Kier alpha value is -7.37. The molecule has 0 bridgehead atoms. The molecule has 0 saturated carbocycles. The number of nitrogens with zero attached hydrogens (tertiary/aromatic N) is 6. The van der Waals surface area contributed by atoms with Gasteiger partial charge in [-0.1, -0.05) is 24.3 Å². The number of rotatable bonds is 11. The Morgan fingerprint density at radius 1 is 0.618 bits per heavy atom. The van der Waals surface area contributed by atoms with Crippen LogP contribution in [0.25, 0.3) is 11.4 Å². The van der Waals surface area contributed by atoms with E-state index in [9.17, 15) is 39.6 Å². The maximum absolute atomic E-state index is 11.3. The summed E-state index contributed by atoms with van der Waals surface area (Å²) in [4.78, 5) is 52.2. The van der Waals surface area contributed by atoms with E-state index in [2.05, 4.69) is 20.2 Å². The molecule has 17 heteroatoms. The number of ether oxygens (including phenoxy) is 1. The van der Waals surface area contributed by atoms with Gasteiger partial charge in [0.1, 0.15) is 5.75 Å². The summed E-state index contributed by atoms with van der Waals surface area (Å²) in [6.07, 6.45) is 2.72. The van der Waals surface area contributed by atoms with Gasteiger partial charge in [0.05, 0.1) is 62.0 Å². The molecule has 0 unspecified atom stereocenters. The predicted molar refractivity (Wildman–Crippen MR) is 195 cm³/mol. The monoisotopic (exact) mass is 789 g/mol. The first kappa shape index (κ1) is 40.4. The molecule has 4 aromatic carbocycles. The van der Waals surface area contributed by atoms with Crippen molar-refractivity contribution in [1.29, 1.82) is 0 Å². The van der Waals surface area contributed by atoms with E-state index in [0.717, 1.165) is 0 Å². The van der Waals surface area contributed by atoms with Crippen molar-refractivity contribution in [3.63, 3.8) is 0 Å². The minimum atomic E-state index is -1.10. The first-order chi connectivity index (χ1) is 25.9. The average molecular weight is 790 g/mol. The van der Waals surface area contributed by atoms with E-state index in [0.29, 0.717) is 46.1 Å². The molecule has 2 aromatic heterocycles. The summed E-state index contributed by atoms with van der Waals surface area (Å²) in [5.74, 6) is -3.20. The second kappa shape index (κ2) is 17.9. The topological polar surface area (TPSA) is 239 Å². The molecular weight excluding hydrogens is 759 g/mol. The Morgan fingerprint density at radius 2 is 1.02 bits per heavy atom. The molecule has 0 aliphatic carbocycles. The quantitative estimate of drug-likeness (QED) is 0.0762. The van der Waals surface area contributed by atoms with Crippen LogP contribution in [0.2, 0.25) is 0 Å². The van der Waals surface area contributed by atoms with Crippen LogP contribution in [0.15, 0.2) is 107 Å². The van der Waals surface area contributed by atoms with E-state index in [1.165, 1.54) is 58.2 Å². The molecule has 1 radical (unpaired) electrons. The second-order valence-corrected chi connectivity index (χ2v) is 11.2. The van der Waals surface area contributed by atoms with Gasteiger partial charge in [0.25, 0.3) is 6.47 Å². The number of aliphatic imine (C=N–C) groups is 2. The van der Waals surface area contributed by atoms with Gasteiger partial charge in [-0.25, -0.2) is 23.7 Å². The molecule has 0 aliphatic rings. The number of aromatic carboxylic acids is 3. The van der Waals surface area contributed by atoms with E-state index < -0.39 is 17.9 Å². The van der Waals surface area contributed by atoms with Gasteiger partial charge in [-0.3, -0.25) is 14.8 Å². The van der Waals surface area contributed by atoms with Gasteiger partial charge >= 0.3 is 17.9 Å². The van der Waals surface area contributed by atoms with Crippen LogP contribution in [0.4, 0.5) is 11.4 Å². The number of para-hydroxylation sites is 2. The summed E-state index contributed by atoms with van der Waals surface area (Å²) in [5.41, 5.74) is 3.46. The van der Waals surface area contributed by atoms with Crippen molar-refractivity contribution in [2.45, 2.75) is 13.8 Å². The molecule has 0 fully saturated rings. The van der Waals surface area contributed by atoms with Crippen molar-refractivity contribution < 1.29 is 66.2 Å². The zero-order valence-corrected chi connectivity index (χ0v) is 29.8. The molecule has 0 saturated heterocycles. The van der Waals surface area contributed by atoms with Gasteiger partial charge in [0.15, 0.2) is 0 Å². The number of hydrogen-bond acceptors (Lipinski definition) is 11. The van der Waals surface area contributed by atoms with E-state index >= 15 is 0 Å². The molecule has 6 rings (SSSR count). The Morgan fingerprint density at radius 3 is 1.40 bits per heavy atom. The smallest absolute Gasteiger partial charge is 0.337 e. The third-order valence-corrected chi connectivity index (χ3v) is 7.72. The molecular formula is C38H30CoN6O10. The summed E-state index contributed by atoms with van der Waals surface area (Å²) >= 11 is 0. The van der Waals surface area contributed by atoms with Crippen molar-refractivity contribution in [3.8, 4) is 28.9 Å². The van der Waals surface area contributed by atoms with Crippen molar-refractivity contribution in [1.82, 2.24) is 19.6 Å². The number of carbonyl (C=O) groups excluding carboxylic acids is 1. The molecule has 0 amide bonds. The average Bonchev–Trinajstić information content (AvgIpc) is 3.62. The first-order valence-corrected chi connectivity index (χ1v) is 15.7. The first-order valence-electron chi connectivity index (χ1n) is 15.7. The molecule has 6 aromatic rings. The largest absolute Gasteiger partial charge is 0.493 e. The van der Waals surface area contributed by atoms with Crippen LogP contribution in [-0.4, -0.2) is 81.9 Å². The Balaban J connectivity index is 0.000000240. The maximum atomic E-state index is 11.3. The van der Waals surface area contributed by atoms with Crippen molar-refractivity contribution in [2.75, 3.05) is 0 Å². The van der Waals surface area contributed by atoms with E-state index in [1.807, 2.05) is 0 Å². The Bertz CT molecular complexity index is 2420. The van der Waals surface area contributed by atoms with Crippen molar-refractivity contribution in [2.24, 2.45) is 9.98 Å². The minimum Gasteiger partial charge on any atom is -0.493 e. The van der Waals surface area contributed by atoms with Crippen LogP contribution in [0.1, 0.15) is 53.6 Å². The third kappa shape index (κ3) is 9.36. The van der Waals surface area contributed by atoms with Gasteiger partial charge in [-0.15, -0.1) is 0 Å². The van der Waals surface area contributed by atoms with Gasteiger partial charge in [0, 0.05) is 29.2 Å². The summed E-state index contributed by atoms with van der Waals surface area (Å²) in [6.45, 7) is 3.70. The standard InChI is InChI=1S/2C19H15N3O5.Co/c1-12-16(10-20-17-5-3-2-4-15(17)19(25)26)18(24)22(21-12)13-6-8-14(9-7-13)27-11-23;1-11-15(10-20-16-5-3-2-4-14(16)19(26)27)17(23)22(21-11)13-8-6-12(7-9-13)18(24)25;/h2-11,24H,1H3,(H,25,26);2-10,23H,1H3,(H,24,25)(H,26,27);. The van der Waals surface area contributed by atoms with Gasteiger partial charge < -0.3 is 30.3 Å². The number of carbonyl (C=O) groups is 4. The molecule has 16 nitrogen and oxygen atoms in total. The number of hydrogen-bond donors (Lipinski definition) is 5. The Kier molecular flexibility index (Phi) is 13.2. The third-order valence-electron chi connectivity index (χ3n) is 7.72. The maximum Gasteiger partial charge on any atom is 0.337 e. The number of aromatic nitrogens is 4. The summed E-state index contributed by atoms with van der Waals surface area (Å²) in [6, 6.07) is 24.8. The number of benzene rings is 4. The van der Waals surface area contributed by atoms with Crippen molar-refractivity contribution in [3.05, 3.63) is 136 Å². The van der Waals surface area contributed by atoms with Crippen LogP contribution in [0.5, 0.6) is 17.5 Å². The fraction of sp³-hybridized carbons (Fsp3) is 0.0526. The zero-order chi connectivity index (χ0) is 38.9. The summed E-state index contributed by atoms with van der Waals surface area (Å²) in [5, 5.41) is 56.9. The number of aromatic hydroxyl groups is 2. The summed E-state index contributed by atoms with van der Waals surface area (Å²) in [7, 11) is 0. The second-order valence-electron chi connectivity index (χ2n) is 11.2. The van der Waals surface area contributed by atoms with E-state index in [4.69, 9.17) is 9.84 Å². The van der Waals surface area contributed by atoms with Crippen LogP contribution >= 0.6 is 0 Å². The number of carboxylic acid groups (broad SMARTS) is 3. The fourth-order valence-electron chi connectivity index (χ4n) is 4.99. The van der Waals surface area contributed by atoms with Crippen molar-refractivity contribution >= 4 is 48.2 Å². The molecule has 0 aliphatic heterocycles. The normalized spacial score (nSPS) is 10.7. The minimum absolute atomic E-state index is 0. The predicted octanol–water partition coefficient (Wildman–Crippen LogP) is 5.90. The molecule has 0 atom stereocenters. The van der Waals surface area contributed by atoms with E-state index in [-0.39, 0.29) is 56.6 Å². The van der Waals surface area contributed by atoms with Gasteiger partial charge in [-0.05, 0) is 86.6 Å². The molecule has 2 heterocycles. The zero-order valence-electron chi connectivity index (χ0n) is 28.8. The van der Waals surface area contributed by atoms with Crippen LogP contribution in [-0.2, 0) is 21.6 Å². The van der Waals surface area contributed by atoms with Crippen LogP contribution < -0.4 is 4.74 Å².